The average molecular weight is 469 g/mol. The first-order valence-corrected chi connectivity index (χ1v) is 12.5. The molecule has 168 valence electrons. The number of amides is 1. The number of carbonyl (C=O) groups excluding carboxylic acids is 1. The topological polar surface area (TPSA) is 98.7 Å². The van der Waals surface area contributed by atoms with Gasteiger partial charge >= 0.3 is 0 Å². The van der Waals surface area contributed by atoms with Crippen molar-refractivity contribution in [1.82, 2.24) is 29.0 Å². The van der Waals surface area contributed by atoms with Crippen molar-refractivity contribution >= 4 is 27.5 Å². The molecule has 2 fully saturated rings. The van der Waals surface area contributed by atoms with Gasteiger partial charge in [-0.1, -0.05) is 23.5 Å². The number of nitrogens with one attached hydrogen (secondary N) is 1. The molecule has 1 aromatic heterocycles. The van der Waals surface area contributed by atoms with Crippen LogP contribution < -0.4 is 5.32 Å². The van der Waals surface area contributed by atoms with Gasteiger partial charge in [0.1, 0.15) is 10.8 Å². The Morgan fingerprint density at radius 1 is 1.00 bits per heavy atom. The zero-order chi connectivity index (χ0) is 21.8. The monoisotopic (exact) mass is 468 g/mol. The van der Waals surface area contributed by atoms with Crippen molar-refractivity contribution in [1.29, 1.82) is 0 Å². The largest absolute Gasteiger partial charge is 0.346 e. The predicted octanol–water partition coefficient (Wildman–Crippen LogP) is 1.07. The van der Waals surface area contributed by atoms with E-state index in [1.54, 1.807) is 20.7 Å². The van der Waals surface area contributed by atoms with Crippen molar-refractivity contribution in [3.8, 4) is 0 Å². The third-order valence-corrected chi connectivity index (χ3v) is 8.38. The quantitative estimate of drug-likeness (QED) is 0.653. The Morgan fingerprint density at radius 2 is 1.65 bits per heavy atom. The summed E-state index contributed by atoms with van der Waals surface area (Å²) in [5.41, 5.74) is 0.793. The van der Waals surface area contributed by atoms with Gasteiger partial charge in [0.2, 0.25) is 5.01 Å². The van der Waals surface area contributed by atoms with Crippen LogP contribution in [0.1, 0.15) is 33.2 Å². The summed E-state index contributed by atoms with van der Waals surface area (Å²) in [5, 5.41) is 11.8. The lowest BCUT2D eigenvalue weighted by Crippen LogP contribution is -2.52. The summed E-state index contributed by atoms with van der Waals surface area (Å²) in [5.74, 6) is -0.645. The minimum atomic E-state index is -3.36. The molecule has 2 aromatic rings. The molecule has 4 rings (SSSR count). The van der Waals surface area contributed by atoms with Crippen LogP contribution in [-0.2, 0) is 23.3 Å². The fourth-order valence-corrected chi connectivity index (χ4v) is 6.13. The van der Waals surface area contributed by atoms with Crippen molar-refractivity contribution in [2.75, 3.05) is 39.3 Å². The molecule has 0 radical (unpaired) electrons. The molecular weight excluding hydrogens is 443 g/mol. The first kappa shape index (κ1) is 22.2. The lowest BCUT2D eigenvalue weighted by molar-refractivity contribution is 0.0950. The number of carbonyl (C=O) groups is 1. The molecule has 12 heteroatoms. The Morgan fingerprint density at radius 3 is 2.32 bits per heavy atom. The van der Waals surface area contributed by atoms with Crippen LogP contribution in [0.25, 0.3) is 0 Å². The first-order chi connectivity index (χ1) is 14.9. The van der Waals surface area contributed by atoms with E-state index in [9.17, 15) is 17.6 Å². The highest BCUT2D eigenvalue weighted by atomic mass is 32.2. The Labute approximate surface area is 185 Å². The summed E-state index contributed by atoms with van der Waals surface area (Å²) >= 11 is 1.22. The molecular formula is C19H25FN6O3S2. The molecule has 0 atom stereocenters. The van der Waals surface area contributed by atoms with Gasteiger partial charge in [0.05, 0.1) is 6.54 Å². The standard InChI is InChI=1S/C19H25FN6O3S2/c20-16-5-3-15(4-6-16)13-21-18(27)19-23-22-17(30-19)14-24-9-11-26(12-10-24)31(28,29)25-7-1-2-8-25/h3-6H,1-2,7-14H2,(H,21,27). The minimum Gasteiger partial charge on any atom is -0.346 e. The molecule has 0 aliphatic carbocycles. The summed E-state index contributed by atoms with van der Waals surface area (Å²) in [6, 6.07) is 5.93. The van der Waals surface area contributed by atoms with Crippen molar-refractivity contribution in [3.63, 3.8) is 0 Å². The predicted molar refractivity (Wildman–Crippen MR) is 114 cm³/mol. The van der Waals surface area contributed by atoms with Gasteiger partial charge < -0.3 is 5.32 Å². The molecule has 1 aromatic carbocycles. The Balaban J connectivity index is 1.25. The van der Waals surface area contributed by atoms with E-state index in [0.717, 1.165) is 18.4 Å². The lowest BCUT2D eigenvalue weighted by atomic mass is 10.2. The fourth-order valence-electron chi connectivity index (χ4n) is 3.66. The van der Waals surface area contributed by atoms with Crippen LogP contribution in [0.3, 0.4) is 0 Å². The van der Waals surface area contributed by atoms with Gasteiger partial charge in [0, 0.05) is 45.8 Å². The van der Waals surface area contributed by atoms with Gasteiger partial charge in [0.25, 0.3) is 16.1 Å². The third kappa shape index (κ3) is 5.44. The molecule has 0 spiro atoms. The zero-order valence-corrected chi connectivity index (χ0v) is 18.7. The van der Waals surface area contributed by atoms with E-state index >= 15 is 0 Å². The summed E-state index contributed by atoms with van der Waals surface area (Å²) in [6.07, 6.45) is 1.85. The molecule has 2 aliphatic rings. The number of nitrogens with zero attached hydrogens (tertiary/aromatic N) is 5. The van der Waals surface area contributed by atoms with Crippen LogP contribution in [0, 0.1) is 5.82 Å². The van der Waals surface area contributed by atoms with Crippen LogP contribution in [-0.4, -0.2) is 77.3 Å². The van der Waals surface area contributed by atoms with E-state index in [4.69, 9.17) is 0 Å². The summed E-state index contributed by atoms with van der Waals surface area (Å²) in [6.45, 7) is 4.14. The molecule has 2 saturated heterocycles. The summed E-state index contributed by atoms with van der Waals surface area (Å²) in [4.78, 5) is 14.4. The number of hydrogen-bond acceptors (Lipinski definition) is 7. The second-order valence-electron chi connectivity index (χ2n) is 7.60. The highest BCUT2D eigenvalue weighted by molar-refractivity contribution is 7.86. The van der Waals surface area contributed by atoms with E-state index in [1.807, 2.05) is 0 Å². The van der Waals surface area contributed by atoms with Crippen molar-refractivity contribution in [2.45, 2.75) is 25.9 Å². The van der Waals surface area contributed by atoms with Crippen LogP contribution in [0.2, 0.25) is 0 Å². The Hall–Kier alpha value is -1.99. The lowest BCUT2D eigenvalue weighted by Gasteiger charge is -2.35. The highest BCUT2D eigenvalue weighted by Crippen LogP contribution is 2.19. The van der Waals surface area contributed by atoms with Gasteiger partial charge in [-0.25, -0.2) is 4.39 Å². The molecule has 0 saturated carbocycles. The molecule has 0 bridgehead atoms. The number of benzene rings is 1. The number of aromatic nitrogens is 2. The zero-order valence-electron chi connectivity index (χ0n) is 17.0. The normalized spacial score (nSPS) is 19.0. The molecule has 1 amide bonds. The van der Waals surface area contributed by atoms with E-state index in [2.05, 4.69) is 20.4 Å². The number of halogens is 1. The molecule has 3 heterocycles. The van der Waals surface area contributed by atoms with Gasteiger partial charge in [0.15, 0.2) is 0 Å². The molecule has 0 unspecified atom stereocenters. The molecule has 1 N–H and O–H groups in total. The van der Waals surface area contributed by atoms with E-state index in [0.29, 0.717) is 50.8 Å². The summed E-state index contributed by atoms with van der Waals surface area (Å²) < 4.78 is 41.4. The van der Waals surface area contributed by atoms with Crippen LogP contribution >= 0.6 is 11.3 Å². The van der Waals surface area contributed by atoms with E-state index in [-0.39, 0.29) is 23.3 Å². The van der Waals surface area contributed by atoms with Crippen LogP contribution in [0.5, 0.6) is 0 Å². The first-order valence-electron chi connectivity index (χ1n) is 10.2. The van der Waals surface area contributed by atoms with Gasteiger partial charge in [-0.05, 0) is 30.5 Å². The second kappa shape index (κ2) is 9.65. The maximum Gasteiger partial charge on any atom is 0.282 e. The maximum absolute atomic E-state index is 13.0. The molecule has 2 aliphatic heterocycles. The van der Waals surface area contributed by atoms with Crippen LogP contribution in [0.4, 0.5) is 4.39 Å². The fraction of sp³-hybridized carbons (Fsp3) is 0.526. The maximum atomic E-state index is 13.0. The van der Waals surface area contributed by atoms with Crippen LogP contribution in [0.15, 0.2) is 24.3 Å². The number of rotatable bonds is 7. The summed E-state index contributed by atoms with van der Waals surface area (Å²) in [7, 11) is -3.36. The molecule has 31 heavy (non-hydrogen) atoms. The highest BCUT2D eigenvalue weighted by Gasteiger charge is 2.33. The van der Waals surface area contributed by atoms with Crippen molar-refractivity contribution < 1.29 is 17.6 Å². The number of hydrogen-bond donors (Lipinski definition) is 1. The van der Waals surface area contributed by atoms with E-state index in [1.165, 1.54) is 23.5 Å². The SMILES string of the molecule is O=C(NCc1ccc(F)cc1)c1nnc(CN2CCN(S(=O)(=O)N3CCCC3)CC2)s1. The Kier molecular flexibility index (Phi) is 6.92. The Bertz CT molecular complexity index is 1000. The smallest absolute Gasteiger partial charge is 0.282 e. The number of piperazine rings is 1. The molecule has 9 nitrogen and oxygen atoms in total. The van der Waals surface area contributed by atoms with Gasteiger partial charge in [-0.2, -0.15) is 17.0 Å². The average Bonchev–Trinajstić information content (AvgIpc) is 3.46. The third-order valence-electron chi connectivity index (χ3n) is 5.44. The van der Waals surface area contributed by atoms with Crippen molar-refractivity contribution in [2.24, 2.45) is 0 Å². The van der Waals surface area contributed by atoms with Gasteiger partial charge in [-0.3, -0.25) is 9.69 Å². The minimum absolute atomic E-state index is 0.271. The van der Waals surface area contributed by atoms with E-state index < -0.39 is 10.2 Å². The van der Waals surface area contributed by atoms with Crippen molar-refractivity contribution in [3.05, 3.63) is 45.7 Å². The van der Waals surface area contributed by atoms with Gasteiger partial charge in [-0.15, -0.1) is 10.2 Å². The second-order valence-corrected chi connectivity index (χ2v) is 10.6.